The van der Waals surface area contributed by atoms with E-state index in [9.17, 15) is 4.39 Å². The molecule has 2 aromatic rings. The van der Waals surface area contributed by atoms with Crippen LogP contribution in [0.1, 0.15) is 11.9 Å². The lowest BCUT2D eigenvalue weighted by atomic mass is 10.3. The average Bonchev–Trinajstić information content (AvgIpc) is 2.90. The summed E-state index contributed by atoms with van der Waals surface area (Å²) in [4.78, 5) is 8.12. The van der Waals surface area contributed by atoms with Gasteiger partial charge in [0.1, 0.15) is 17.6 Å². The second-order valence-electron chi connectivity index (χ2n) is 3.90. The fourth-order valence-corrected chi connectivity index (χ4v) is 1.71. The molecule has 1 saturated heterocycles. The number of pyridine rings is 1. The van der Waals surface area contributed by atoms with Crippen LogP contribution in [-0.4, -0.2) is 34.9 Å². The first-order valence-electron chi connectivity index (χ1n) is 5.59. The zero-order valence-corrected chi connectivity index (χ0v) is 9.47. The van der Waals surface area contributed by atoms with E-state index in [1.165, 1.54) is 12.1 Å². The number of hydrogen-bond donors (Lipinski definition) is 1. The molecule has 1 aliphatic rings. The van der Waals surface area contributed by atoms with E-state index in [0.717, 1.165) is 12.7 Å². The van der Waals surface area contributed by atoms with Gasteiger partial charge in [-0.25, -0.2) is 9.37 Å². The Bertz CT molecular complexity index is 522. The molecule has 0 aromatic carbocycles. The SMILES string of the molecule is Fc1ccc(-c2noc(C3COCCN3)n2)nc1. The Labute approximate surface area is 102 Å². The van der Waals surface area contributed by atoms with Gasteiger partial charge in [0.05, 0.1) is 19.4 Å². The molecule has 94 valence electrons. The van der Waals surface area contributed by atoms with Crippen molar-refractivity contribution in [2.75, 3.05) is 19.8 Å². The van der Waals surface area contributed by atoms with Crippen molar-refractivity contribution in [2.24, 2.45) is 0 Å². The minimum atomic E-state index is -0.398. The summed E-state index contributed by atoms with van der Waals surface area (Å²) in [6, 6.07) is 2.72. The van der Waals surface area contributed by atoms with Gasteiger partial charge in [-0.1, -0.05) is 5.16 Å². The summed E-state index contributed by atoms with van der Waals surface area (Å²) >= 11 is 0. The van der Waals surface area contributed by atoms with Crippen LogP contribution >= 0.6 is 0 Å². The molecule has 0 spiro atoms. The summed E-state index contributed by atoms with van der Waals surface area (Å²) in [6.07, 6.45) is 1.12. The van der Waals surface area contributed by atoms with Crippen molar-refractivity contribution < 1.29 is 13.7 Å². The second-order valence-corrected chi connectivity index (χ2v) is 3.90. The number of halogens is 1. The highest BCUT2D eigenvalue weighted by atomic mass is 19.1. The van der Waals surface area contributed by atoms with Gasteiger partial charge in [-0.2, -0.15) is 4.98 Å². The molecule has 2 aromatic heterocycles. The van der Waals surface area contributed by atoms with Crippen LogP contribution < -0.4 is 5.32 Å². The lowest BCUT2D eigenvalue weighted by molar-refractivity contribution is 0.0659. The third-order valence-corrected chi connectivity index (χ3v) is 2.62. The first kappa shape index (κ1) is 11.2. The zero-order valence-electron chi connectivity index (χ0n) is 9.47. The molecule has 1 unspecified atom stereocenters. The van der Waals surface area contributed by atoms with E-state index < -0.39 is 5.82 Å². The van der Waals surface area contributed by atoms with E-state index in [-0.39, 0.29) is 6.04 Å². The van der Waals surface area contributed by atoms with Crippen molar-refractivity contribution in [3.8, 4) is 11.5 Å². The molecule has 0 amide bonds. The normalized spacial score (nSPS) is 19.9. The van der Waals surface area contributed by atoms with Crippen molar-refractivity contribution in [2.45, 2.75) is 6.04 Å². The fourth-order valence-electron chi connectivity index (χ4n) is 1.71. The third kappa shape index (κ3) is 2.22. The van der Waals surface area contributed by atoms with E-state index >= 15 is 0 Å². The molecule has 0 bridgehead atoms. The van der Waals surface area contributed by atoms with Crippen molar-refractivity contribution in [1.82, 2.24) is 20.4 Å². The van der Waals surface area contributed by atoms with Gasteiger partial charge < -0.3 is 14.6 Å². The number of nitrogens with zero attached hydrogens (tertiary/aromatic N) is 3. The highest BCUT2D eigenvalue weighted by Gasteiger charge is 2.22. The average molecular weight is 250 g/mol. The maximum Gasteiger partial charge on any atom is 0.246 e. The summed E-state index contributed by atoms with van der Waals surface area (Å²) in [5.74, 6) is 0.401. The number of morpholine rings is 1. The quantitative estimate of drug-likeness (QED) is 0.854. The Balaban J connectivity index is 1.82. The minimum absolute atomic E-state index is 0.0968. The van der Waals surface area contributed by atoms with Gasteiger partial charge in [-0.3, -0.25) is 0 Å². The first-order valence-corrected chi connectivity index (χ1v) is 5.59. The van der Waals surface area contributed by atoms with Crippen LogP contribution in [0, 0.1) is 5.82 Å². The maximum absolute atomic E-state index is 12.7. The van der Waals surface area contributed by atoms with Gasteiger partial charge in [-0.15, -0.1) is 0 Å². The molecule has 0 saturated carbocycles. The lowest BCUT2D eigenvalue weighted by Crippen LogP contribution is -2.34. The summed E-state index contributed by atoms with van der Waals surface area (Å²) in [5.41, 5.74) is 0.475. The van der Waals surface area contributed by atoms with Gasteiger partial charge in [0.2, 0.25) is 11.7 Å². The maximum atomic E-state index is 12.7. The predicted molar refractivity (Wildman–Crippen MR) is 59.0 cm³/mol. The molecule has 1 atom stereocenters. The molecular weight excluding hydrogens is 239 g/mol. The van der Waals surface area contributed by atoms with Gasteiger partial charge in [0.25, 0.3) is 0 Å². The molecule has 3 rings (SSSR count). The van der Waals surface area contributed by atoms with Gasteiger partial charge in [-0.05, 0) is 12.1 Å². The summed E-state index contributed by atoms with van der Waals surface area (Å²) in [6.45, 7) is 1.92. The van der Waals surface area contributed by atoms with Crippen molar-refractivity contribution in [1.29, 1.82) is 0 Å². The van der Waals surface area contributed by atoms with Crippen molar-refractivity contribution >= 4 is 0 Å². The van der Waals surface area contributed by atoms with Crippen molar-refractivity contribution in [3.05, 3.63) is 30.0 Å². The molecule has 0 aliphatic carbocycles. The monoisotopic (exact) mass is 250 g/mol. The smallest absolute Gasteiger partial charge is 0.246 e. The molecule has 1 fully saturated rings. The minimum Gasteiger partial charge on any atom is -0.378 e. The standard InChI is InChI=1S/C11H11FN4O2/c12-7-1-2-8(14-5-7)10-15-11(18-16-10)9-6-17-4-3-13-9/h1-2,5,9,13H,3-4,6H2. The van der Waals surface area contributed by atoms with Crippen LogP contribution in [0.25, 0.3) is 11.5 Å². The van der Waals surface area contributed by atoms with Crippen LogP contribution in [0.4, 0.5) is 4.39 Å². The molecule has 18 heavy (non-hydrogen) atoms. The number of ether oxygens (including phenoxy) is 1. The molecule has 0 radical (unpaired) electrons. The highest BCUT2D eigenvalue weighted by molar-refractivity contribution is 5.47. The van der Waals surface area contributed by atoms with Gasteiger partial charge in [0.15, 0.2) is 0 Å². The fraction of sp³-hybridized carbons (Fsp3) is 0.364. The lowest BCUT2D eigenvalue weighted by Gasteiger charge is -2.20. The predicted octanol–water partition coefficient (Wildman–Crippen LogP) is 0.932. The van der Waals surface area contributed by atoms with E-state index in [1.807, 2.05) is 0 Å². The number of nitrogens with one attached hydrogen (secondary N) is 1. The second kappa shape index (κ2) is 4.79. The van der Waals surface area contributed by atoms with Crippen LogP contribution in [-0.2, 0) is 4.74 Å². The number of hydrogen-bond acceptors (Lipinski definition) is 6. The molecule has 7 heteroatoms. The van der Waals surface area contributed by atoms with E-state index in [1.54, 1.807) is 0 Å². The van der Waals surface area contributed by atoms with E-state index in [4.69, 9.17) is 9.26 Å². The number of aromatic nitrogens is 3. The first-order chi connectivity index (χ1) is 8.83. The van der Waals surface area contributed by atoms with E-state index in [0.29, 0.717) is 30.6 Å². The topological polar surface area (TPSA) is 73.1 Å². The Morgan fingerprint density at radius 1 is 1.39 bits per heavy atom. The molecule has 3 heterocycles. The molecule has 1 aliphatic heterocycles. The Hall–Kier alpha value is -1.86. The van der Waals surface area contributed by atoms with Gasteiger partial charge >= 0.3 is 0 Å². The van der Waals surface area contributed by atoms with E-state index in [2.05, 4.69) is 20.4 Å². The third-order valence-electron chi connectivity index (χ3n) is 2.62. The number of rotatable bonds is 2. The zero-order chi connectivity index (χ0) is 12.4. The van der Waals surface area contributed by atoms with Crippen molar-refractivity contribution in [3.63, 3.8) is 0 Å². The largest absolute Gasteiger partial charge is 0.378 e. The highest BCUT2D eigenvalue weighted by Crippen LogP contribution is 2.18. The Kier molecular flexibility index (Phi) is 2.99. The molecule has 6 nitrogen and oxygen atoms in total. The summed E-state index contributed by atoms with van der Waals surface area (Å²) in [5, 5.41) is 7.03. The Morgan fingerprint density at radius 2 is 2.33 bits per heavy atom. The van der Waals surface area contributed by atoms with Crippen LogP contribution in [0.2, 0.25) is 0 Å². The molecular formula is C11H11FN4O2. The molecule has 1 N–H and O–H groups in total. The van der Waals surface area contributed by atoms with Crippen LogP contribution in [0.15, 0.2) is 22.9 Å². The van der Waals surface area contributed by atoms with Gasteiger partial charge in [0, 0.05) is 6.54 Å². The van der Waals surface area contributed by atoms with Crippen LogP contribution in [0.3, 0.4) is 0 Å². The summed E-state index contributed by atoms with van der Waals surface area (Å²) < 4.78 is 23.2. The Morgan fingerprint density at radius 3 is 3.06 bits per heavy atom. The van der Waals surface area contributed by atoms with Crippen LogP contribution in [0.5, 0.6) is 0 Å². The summed E-state index contributed by atoms with van der Waals surface area (Å²) in [7, 11) is 0.